The predicted molar refractivity (Wildman–Crippen MR) is 121 cm³/mol. The minimum absolute atomic E-state index is 0.0282. The van der Waals surface area contributed by atoms with Crippen LogP contribution in [0.1, 0.15) is 57.1 Å². The number of aryl methyl sites for hydroxylation is 2. The van der Waals surface area contributed by atoms with Gasteiger partial charge in [0.15, 0.2) is 0 Å². The highest BCUT2D eigenvalue weighted by Crippen LogP contribution is 2.38. The summed E-state index contributed by atoms with van der Waals surface area (Å²) in [6.45, 7) is 8.76. The molecule has 2 aromatic heterocycles. The number of morpholine rings is 1. The summed E-state index contributed by atoms with van der Waals surface area (Å²) in [5.41, 5.74) is 2.02. The van der Waals surface area contributed by atoms with E-state index in [2.05, 4.69) is 15.3 Å². The van der Waals surface area contributed by atoms with Gasteiger partial charge < -0.3 is 15.0 Å². The predicted octanol–water partition coefficient (Wildman–Crippen LogP) is 3.66. The average Bonchev–Trinajstić information content (AvgIpc) is 3.13. The SMILES string of the molecule is Cc1ncc(C(=O)N2CCO[C@H](c3c(C(=O)NC(C)C)sc4ccccc34)C2)c(C)n1. The van der Waals surface area contributed by atoms with Gasteiger partial charge in [-0.3, -0.25) is 9.59 Å². The monoisotopic (exact) mass is 438 g/mol. The number of nitrogens with zero attached hydrogens (tertiary/aromatic N) is 3. The fraction of sp³-hybridized carbons (Fsp3) is 0.391. The van der Waals surface area contributed by atoms with Crippen LogP contribution < -0.4 is 5.32 Å². The number of aromatic nitrogens is 2. The minimum Gasteiger partial charge on any atom is -0.370 e. The summed E-state index contributed by atoms with van der Waals surface area (Å²) < 4.78 is 7.12. The number of benzene rings is 1. The van der Waals surface area contributed by atoms with Crippen LogP contribution in [0.25, 0.3) is 10.1 Å². The molecule has 3 heterocycles. The van der Waals surface area contributed by atoms with Gasteiger partial charge in [-0.25, -0.2) is 9.97 Å². The Morgan fingerprint density at radius 1 is 1.26 bits per heavy atom. The number of hydrogen-bond acceptors (Lipinski definition) is 6. The zero-order chi connectivity index (χ0) is 22.1. The lowest BCUT2D eigenvalue weighted by atomic mass is 10.0. The molecule has 1 aromatic carbocycles. The number of hydrogen-bond donors (Lipinski definition) is 1. The van der Waals surface area contributed by atoms with E-state index < -0.39 is 0 Å². The number of carbonyl (C=O) groups is 2. The minimum atomic E-state index is -0.381. The molecule has 1 aliphatic rings. The molecule has 162 valence electrons. The van der Waals surface area contributed by atoms with E-state index in [-0.39, 0.29) is 24.0 Å². The van der Waals surface area contributed by atoms with Gasteiger partial charge in [0.2, 0.25) is 0 Å². The number of carbonyl (C=O) groups excluding carboxylic acids is 2. The Hall–Kier alpha value is -2.84. The Balaban J connectivity index is 1.68. The lowest BCUT2D eigenvalue weighted by Crippen LogP contribution is -2.43. The Morgan fingerprint density at radius 2 is 2.03 bits per heavy atom. The standard InChI is InChI=1S/C23H26N4O3S/c1-13(2)25-22(28)21-20(16-7-5-6-8-19(16)31-21)18-12-27(9-10-30-18)23(29)17-11-24-15(4)26-14(17)3/h5-8,11,13,18H,9-10,12H2,1-4H3,(H,25,28)/t18-/m0/s1. The molecule has 1 saturated heterocycles. The lowest BCUT2D eigenvalue weighted by molar-refractivity contribution is -0.0223. The van der Waals surface area contributed by atoms with Crippen LogP contribution in [0.4, 0.5) is 0 Å². The van der Waals surface area contributed by atoms with Crippen molar-refractivity contribution in [1.82, 2.24) is 20.2 Å². The van der Waals surface area contributed by atoms with Crippen molar-refractivity contribution in [3.05, 3.63) is 58.0 Å². The van der Waals surface area contributed by atoms with E-state index in [4.69, 9.17) is 4.74 Å². The highest BCUT2D eigenvalue weighted by Gasteiger charge is 2.32. The maximum absolute atomic E-state index is 13.2. The first kappa shape index (κ1) is 21.4. The first-order chi connectivity index (χ1) is 14.8. The molecule has 0 radical (unpaired) electrons. The third-order valence-electron chi connectivity index (χ3n) is 5.27. The van der Waals surface area contributed by atoms with Crippen LogP contribution in [0, 0.1) is 13.8 Å². The van der Waals surface area contributed by atoms with E-state index in [1.807, 2.05) is 45.0 Å². The molecule has 1 aliphatic heterocycles. The zero-order valence-electron chi connectivity index (χ0n) is 18.1. The summed E-state index contributed by atoms with van der Waals surface area (Å²) in [6, 6.07) is 7.97. The van der Waals surface area contributed by atoms with Crippen LogP contribution >= 0.6 is 11.3 Å². The molecule has 0 spiro atoms. The van der Waals surface area contributed by atoms with Crippen LogP contribution in [0.2, 0.25) is 0 Å². The molecule has 1 fully saturated rings. The first-order valence-electron chi connectivity index (χ1n) is 10.4. The van der Waals surface area contributed by atoms with Crippen molar-refractivity contribution in [2.24, 2.45) is 0 Å². The Morgan fingerprint density at radius 3 is 2.77 bits per heavy atom. The number of fused-ring (bicyclic) bond motifs is 1. The number of thiophene rings is 1. The van der Waals surface area contributed by atoms with E-state index in [1.54, 1.807) is 18.0 Å². The quantitative estimate of drug-likeness (QED) is 0.672. The summed E-state index contributed by atoms with van der Waals surface area (Å²) in [6.07, 6.45) is 1.21. The van der Waals surface area contributed by atoms with Gasteiger partial charge >= 0.3 is 0 Å². The molecule has 0 unspecified atom stereocenters. The van der Waals surface area contributed by atoms with Crippen molar-refractivity contribution >= 4 is 33.2 Å². The van der Waals surface area contributed by atoms with Crippen molar-refractivity contribution in [2.45, 2.75) is 39.8 Å². The number of ether oxygens (including phenoxy) is 1. The summed E-state index contributed by atoms with van der Waals surface area (Å²) in [5.74, 6) is 0.416. The molecule has 31 heavy (non-hydrogen) atoms. The topological polar surface area (TPSA) is 84.4 Å². The number of rotatable bonds is 4. The zero-order valence-corrected chi connectivity index (χ0v) is 19.0. The second-order valence-electron chi connectivity index (χ2n) is 8.00. The highest BCUT2D eigenvalue weighted by molar-refractivity contribution is 7.21. The molecule has 1 N–H and O–H groups in total. The van der Waals surface area contributed by atoms with Gasteiger partial charge in [-0.15, -0.1) is 11.3 Å². The van der Waals surface area contributed by atoms with Gasteiger partial charge in [0.05, 0.1) is 29.3 Å². The summed E-state index contributed by atoms with van der Waals surface area (Å²) in [5, 5.41) is 3.99. The molecule has 0 aliphatic carbocycles. The van der Waals surface area contributed by atoms with E-state index in [1.165, 1.54) is 11.3 Å². The third-order valence-corrected chi connectivity index (χ3v) is 6.45. The van der Waals surface area contributed by atoms with Crippen molar-refractivity contribution in [3.8, 4) is 0 Å². The largest absolute Gasteiger partial charge is 0.370 e. The number of nitrogens with one attached hydrogen (secondary N) is 1. The number of amides is 2. The molecular formula is C23H26N4O3S. The molecule has 2 amide bonds. The summed E-state index contributed by atoms with van der Waals surface area (Å²) >= 11 is 1.46. The molecule has 0 bridgehead atoms. The molecule has 7 nitrogen and oxygen atoms in total. The van der Waals surface area contributed by atoms with E-state index in [0.717, 1.165) is 15.6 Å². The molecule has 8 heteroatoms. The van der Waals surface area contributed by atoms with Crippen LogP contribution in [0.15, 0.2) is 30.5 Å². The van der Waals surface area contributed by atoms with E-state index in [9.17, 15) is 9.59 Å². The van der Waals surface area contributed by atoms with Gasteiger partial charge in [0.1, 0.15) is 11.9 Å². The van der Waals surface area contributed by atoms with E-state index in [0.29, 0.717) is 41.7 Å². The third kappa shape index (κ3) is 4.31. The second-order valence-corrected chi connectivity index (χ2v) is 9.05. The molecule has 3 aromatic rings. The smallest absolute Gasteiger partial charge is 0.261 e. The maximum atomic E-state index is 13.2. The van der Waals surface area contributed by atoms with Gasteiger partial charge in [-0.1, -0.05) is 18.2 Å². The average molecular weight is 439 g/mol. The fourth-order valence-corrected chi connectivity index (χ4v) is 5.01. The molecule has 1 atom stereocenters. The van der Waals surface area contributed by atoms with Crippen LogP contribution in [0.3, 0.4) is 0 Å². The first-order valence-corrected chi connectivity index (χ1v) is 11.2. The molecule has 4 rings (SSSR count). The Kier molecular flexibility index (Phi) is 6.02. The lowest BCUT2D eigenvalue weighted by Gasteiger charge is -2.33. The maximum Gasteiger partial charge on any atom is 0.261 e. The van der Waals surface area contributed by atoms with Gasteiger partial charge in [-0.05, 0) is 39.1 Å². The normalized spacial score (nSPS) is 16.7. The van der Waals surface area contributed by atoms with Crippen molar-refractivity contribution in [1.29, 1.82) is 0 Å². The highest BCUT2D eigenvalue weighted by atomic mass is 32.1. The molecular weight excluding hydrogens is 412 g/mol. The van der Waals surface area contributed by atoms with Crippen molar-refractivity contribution in [3.63, 3.8) is 0 Å². The van der Waals surface area contributed by atoms with Gasteiger partial charge in [0, 0.05) is 29.0 Å². The Labute approximate surface area is 185 Å². The van der Waals surface area contributed by atoms with Crippen LogP contribution in [-0.2, 0) is 4.74 Å². The van der Waals surface area contributed by atoms with Crippen molar-refractivity contribution in [2.75, 3.05) is 19.7 Å². The molecule has 0 saturated carbocycles. The summed E-state index contributed by atoms with van der Waals surface area (Å²) in [4.78, 5) is 37.1. The van der Waals surface area contributed by atoms with Gasteiger partial charge in [0.25, 0.3) is 11.8 Å². The van der Waals surface area contributed by atoms with Crippen LogP contribution in [-0.4, -0.2) is 52.4 Å². The van der Waals surface area contributed by atoms with Crippen molar-refractivity contribution < 1.29 is 14.3 Å². The van der Waals surface area contributed by atoms with Crippen LogP contribution in [0.5, 0.6) is 0 Å². The summed E-state index contributed by atoms with van der Waals surface area (Å²) in [7, 11) is 0. The van der Waals surface area contributed by atoms with Gasteiger partial charge in [-0.2, -0.15) is 0 Å². The van der Waals surface area contributed by atoms with E-state index >= 15 is 0 Å². The Bertz CT molecular complexity index is 1140. The second kappa shape index (κ2) is 8.72. The fourth-order valence-electron chi connectivity index (χ4n) is 3.85.